The van der Waals surface area contributed by atoms with Gasteiger partial charge in [0.25, 0.3) is 0 Å². The SMILES string of the molecule is N#CC(Cc1ccc(Cl)c(Cl)c1)C(=O)N1CCCCCC1. The summed E-state index contributed by atoms with van der Waals surface area (Å²) in [4.78, 5) is 14.3. The average molecular weight is 325 g/mol. The summed E-state index contributed by atoms with van der Waals surface area (Å²) < 4.78 is 0. The lowest BCUT2D eigenvalue weighted by atomic mass is 9.99. The van der Waals surface area contributed by atoms with Gasteiger partial charge in [-0.25, -0.2) is 0 Å². The average Bonchev–Trinajstić information content (AvgIpc) is 2.77. The van der Waals surface area contributed by atoms with Crippen LogP contribution in [0.3, 0.4) is 0 Å². The number of nitriles is 1. The summed E-state index contributed by atoms with van der Waals surface area (Å²) >= 11 is 11.9. The van der Waals surface area contributed by atoms with Gasteiger partial charge in [-0.1, -0.05) is 42.1 Å². The Kier molecular flexibility index (Phi) is 5.90. The maximum absolute atomic E-state index is 12.5. The molecule has 1 aliphatic heterocycles. The lowest BCUT2D eigenvalue weighted by molar-refractivity contribution is -0.133. The minimum atomic E-state index is -0.652. The molecular weight excluding hydrogens is 307 g/mol. The molecule has 1 unspecified atom stereocenters. The van der Waals surface area contributed by atoms with Crippen LogP contribution in [0.2, 0.25) is 10.0 Å². The zero-order chi connectivity index (χ0) is 15.2. The van der Waals surface area contributed by atoms with Crippen molar-refractivity contribution < 1.29 is 4.79 Å². The maximum Gasteiger partial charge on any atom is 0.240 e. The van der Waals surface area contributed by atoms with Gasteiger partial charge in [-0.3, -0.25) is 4.79 Å². The van der Waals surface area contributed by atoms with Crippen LogP contribution in [0.15, 0.2) is 18.2 Å². The summed E-state index contributed by atoms with van der Waals surface area (Å²) in [6.45, 7) is 1.52. The largest absolute Gasteiger partial charge is 0.342 e. The summed E-state index contributed by atoms with van der Waals surface area (Å²) in [6.07, 6.45) is 4.75. The number of hydrogen-bond acceptors (Lipinski definition) is 2. The first-order chi connectivity index (χ1) is 10.1. The van der Waals surface area contributed by atoms with E-state index in [0.717, 1.165) is 44.3 Å². The van der Waals surface area contributed by atoms with Crippen molar-refractivity contribution in [2.45, 2.75) is 32.1 Å². The Labute approximate surface area is 135 Å². The van der Waals surface area contributed by atoms with Gasteiger partial charge in [-0.2, -0.15) is 5.26 Å². The second-order valence-electron chi connectivity index (χ2n) is 5.37. The van der Waals surface area contributed by atoms with Gasteiger partial charge >= 0.3 is 0 Å². The molecule has 1 saturated heterocycles. The van der Waals surface area contributed by atoms with Crippen LogP contribution in [0.25, 0.3) is 0 Å². The van der Waals surface area contributed by atoms with Gasteiger partial charge in [0, 0.05) is 13.1 Å². The van der Waals surface area contributed by atoms with Crippen molar-refractivity contribution in [1.82, 2.24) is 4.90 Å². The highest BCUT2D eigenvalue weighted by molar-refractivity contribution is 6.42. The molecule has 3 nitrogen and oxygen atoms in total. The lowest BCUT2D eigenvalue weighted by Gasteiger charge is -2.23. The van der Waals surface area contributed by atoms with Crippen LogP contribution in [0.5, 0.6) is 0 Å². The first-order valence-corrected chi connectivity index (χ1v) is 7.99. The maximum atomic E-state index is 12.5. The van der Waals surface area contributed by atoms with Crippen LogP contribution in [0.4, 0.5) is 0 Å². The van der Waals surface area contributed by atoms with Crippen LogP contribution in [-0.2, 0) is 11.2 Å². The predicted octanol–water partition coefficient (Wildman–Crippen LogP) is 4.08. The number of nitrogens with zero attached hydrogens (tertiary/aromatic N) is 2. The third-order valence-corrected chi connectivity index (χ3v) is 4.53. The van der Waals surface area contributed by atoms with Crippen LogP contribution in [0.1, 0.15) is 31.2 Å². The summed E-state index contributed by atoms with van der Waals surface area (Å²) in [5.41, 5.74) is 0.860. The zero-order valence-corrected chi connectivity index (χ0v) is 13.3. The van der Waals surface area contributed by atoms with Crippen molar-refractivity contribution in [3.8, 4) is 6.07 Å². The summed E-state index contributed by atoms with van der Waals surface area (Å²) in [7, 11) is 0. The lowest BCUT2D eigenvalue weighted by Crippen LogP contribution is -2.37. The van der Waals surface area contributed by atoms with Gasteiger partial charge in [0.15, 0.2) is 0 Å². The highest BCUT2D eigenvalue weighted by Crippen LogP contribution is 2.24. The van der Waals surface area contributed by atoms with E-state index in [2.05, 4.69) is 6.07 Å². The van der Waals surface area contributed by atoms with Crippen molar-refractivity contribution in [3.05, 3.63) is 33.8 Å². The Morgan fingerprint density at radius 3 is 2.43 bits per heavy atom. The number of benzene rings is 1. The molecule has 21 heavy (non-hydrogen) atoms. The Balaban J connectivity index is 2.06. The number of carbonyl (C=O) groups excluding carboxylic acids is 1. The van der Waals surface area contributed by atoms with Crippen LogP contribution >= 0.6 is 23.2 Å². The quantitative estimate of drug-likeness (QED) is 0.840. The number of halogens is 2. The van der Waals surface area contributed by atoms with Crippen molar-refractivity contribution >= 4 is 29.1 Å². The minimum absolute atomic E-state index is 0.0644. The van der Waals surface area contributed by atoms with E-state index in [9.17, 15) is 10.1 Å². The molecule has 1 aliphatic rings. The zero-order valence-electron chi connectivity index (χ0n) is 11.8. The van der Waals surface area contributed by atoms with Gasteiger partial charge in [-0.05, 0) is 37.0 Å². The van der Waals surface area contributed by atoms with Crippen LogP contribution in [0, 0.1) is 17.2 Å². The van der Waals surface area contributed by atoms with Crippen molar-refractivity contribution in [2.24, 2.45) is 5.92 Å². The first kappa shape index (κ1) is 16.1. The minimum Gasteiger partial charge on any atom is -0.342 e. The molecule has 0 N–H and O–H groups in total. The van der Waals surface area contributed by atoms with E-state index in [1.54, 1.807) is 12.1 Å². The Morgan fingerprint density at radius 2 is 1.86 bits per heavy atom. The van der Waals surface area contributed by atoms with E-state index in [0.29, 0.717) is 16.5 Å². The smallest absolute Gasteiger partial charge is 0.240 e. The van der Waals surface area contributed by atoms with Crippen molar-refractivity contribution in [1.29, 1.82) is 5.26 Å². The highest BCUT2D eigenvalue weighted by Gasteiger charge is 2.25. The van der Waals surface area contributed by atoms with E-state index >= 15 is 0 Å². The molecule has 0 radical (unpaired) electrons. The molecule has 0 aromatic heterocycles. The van der Waals surface area contributed by atoms with Crippen molar-refractivity contribution in [2.75, 3.05) is 13.1 Å². The molecule has 0 saturated carbocycles. The molecule has 112 valence electrons. The predicted molar refractivity (Wildman–Crippen MR) is 84.3 cm³/mol. The fourth-order valence-electron chi connectivity index (χ4n) is 2.60. The molecule has 2 rings (SSSR count). The Hall–Kier alpha value is -1.24. The third-order valence-electron chi connectivity index (χ3n) is 3.80. The molecule has 1 aromatic rings. The fourth-order valence-corrected chi connectivity index (χ4v) is 2.92. The number of likely N-dealkylation sites (tertiary alicyclic amines) is 1. The molecule has 1 aromatic carbocycles. The Bertz CT molecular complexity index is 546. The van der Waals surface area contributed by atoms with E-state index < -0.39 is 5.92 Å². The third kappa shape index (κ3) is 4.36. The van der Waals surface area contributed by atoms with E-state index in [-0.39, 0.29) is 5.91 Å². The number of rotatable bonds is 3. The van der Waals surface area contributed by atoms with E-state index in [4.69, 9.17) is 23.2 Å². The van der Waals surface area contributed by atoms with Gasteiger partial charge in [0.1, 0.15) is 5.92 Å². The molecule has 1 heterocycles. The van der Waals surface area contributed by atoms with Crippen molar-refractivity contribution in [3.63, 3.8) is 0 Å². The van der Waals surface area contributed by atoms with Gasteiger partial charge < -0.3 is 4.90 Å². The van der Waals surface area contributed by atoms with Gasteiger partial charge in [-0.15, -0.1) is 0 Å². The van der Waals surface area contributed by atoms with E-state index in [1.165, 1.54) is 0 Å². The Morgan fingerprint density at radius 1 is 1.19 bits per heavy atom. The molecular formula is C16H18Cl2N2O. The first-order valence-electron chi connectivity index (χ1n) is 7.24. The monoisotopic (exact) mass is 324 g/mol. The standard InChI is InChI=1S/C16H18Cl2N2O/c17-14-6-5-12(10-15(14)18)9-13(11-19)16(21)20-7-3-1-2-4-8-20/h5-6,10,13H,1-4,7-9H2. The molecule has 1 atom stereocenters. The van der Waals surface area contributed by atoms with Crippen LogP contribution < -0.4 is 0 Å². The number of amides is 1. The number of carbonyl (C=O) groups is 1. The highest BCUT2D eigenvalue weighted by atomic mass is 35.5. The topological polar surface area (TPSA) is 44.1 Å². The summed E-state index contributed by atoms with van der Waals surface area (Å²) in [5.74, 6) is -0.717. The van der Waals surface area contributed by atoms with Gasteiger partial charge in [0.05, 0.1) is 16.1 Å². The van der Waals surface area contributed by atoms with Gasteiger partial charge in [0.2, 0.25) is 5.91 Å². The molecule has 0 spiro atoms. The number of hydrogen-bond donors (Lipinski definition) is 0. The summed E-state index contributed by atoms with van der Waals surface area (Å²) in [6, 6.07) is 7.37. The second-order valence-corrected chi connectivity index (χ2v) is 6.19. The summed E-state index contributed by atoms with van der Waals surface area (Å²) in [5, 5.41) is 10.3. The molecule has 5 heteroatoms. The molecule has 1 fully saturated rings. The normalized spacial score (nSPS) is 16.9. The molecule has 1 amide bonds. The second kappa shape index (κ2) is 7.68. The molecule has 0 aliphatic carbocycles. The van der Waals surface area contributed by atoms with Crippen LogP contribution in [-0.4, -0.2) is 23.9 Å². The fraction of sp³-hybridized carbons (Fsp3) is 0.500. The van der Waals surface area contributed by atoms with E-state index in [1.807, 2.05) is 11.0 Å². The molecule has 0 bridgehead atoms.